The summed E-state index contributed by atoms with van der Waals surface area (Å²) >= 11 is 1.79. The Labute approximate surface area is 145 Å². The Bertz CT molecular complexity index is 462. The van der Waals surface area contributed by atoms with Gasteiger partial charge in [0.25, 0.3) is 5.91 Å². The van der Waals surface area contributed by atoms with Crippen LogP contribution in [0.4, 0.5) is 0 Å². The second-order valence-electron chi connectivity index (χ2n) is 6.51. The number of hydrogen-bond donors (Lipinski definition) is 2. The van der Waals surface area contributed by atoms with Crippen molar-refractivity contribution in [1.82, 2.24) is 5.32 Å². The third-order valence-corrected chi connectivity index (χ3v) is 4.23. The molecule has 0 saturated carbocycles. The largest absolute Gasteiger partial charge is 0.346 e. The number of carbonyl (C=O) groups excluding carboxylic acids is 1. The van der Waals surface area contributed by atoms with Crippen LogP contribution in [0.2, 0.25) is 0 Å². The van der Waals surface area contributed by atoms with E-state index in [1.165, 1.54) is 4.90 Å². The van der Waals surface area contributed by atoms with Gasteiger partial charge in [0.1, 0.15) is 0 Å². The molecule has 0 spiro atoms. The fourth-order valence-electron chi connectivity index (χ4n) is 2.39. The lowest BCUT2D eigenvalue weighted by atomic mass is 9.90. The van der Waals surface area contributed by atoms with E-state index in [0.717, 1.165) is 6.42 Å². The second kappa shape index (κ2) is 9.43. The molecule has 5 heteroatoms. The van der Waals surface area contributed by atoms with Crippen molar-refractivity contribution in [1.29, 1.82) is 0 Å². The lowest BCUT2D eigenvalue weighted by Crippen LogP contribution is -2.52. The van der Waals surface area contributed by atoms with E-state index in [2.05, 4.69) is 33.0 Å². The first-order valence-electron chi connectivity index (χ1n) is 7.55. The fourth-order valence-corrected chi connectivity index (χ4v) is 3.23. The van der Waals surface area contributed by atoms with Crippen molar-refractivity contribution in [3.8, 4) is 0 Å². The van der Waals surface area contributed by atoms with Gasteiger partial charge < -0.3 is 11.1 Å². The minimum Gasteiger partial charge on any atom is -0.346 e. The fraction of sp³-hybridized carbons (Fsp3) is 0.588. The quantitative estimate of drug-likeness (QED) is 0.732. The van der Waals surface area contributed by atoms with Gasteiger partial charge in [-0.2, -0.15) is 0 Å². The highest BCUT2D eigenvalue weighted by Gasteiger charge is 2.26. The molecule has 0 aliphatic heterocycles. The van der Waals surface area contributed by atoms with Crippen LogP contribution in [0.1, 0.15) is 51.4 Å². The standard InChI is InChI=1S/C17H28N2OS.ClH/c1-12(2)10-17(5,11-18)19-16(20)14-6-8-15(9-7-14)21-13(3)4;/h6-9,12-13H,10-11,18H2,1-5H3,(H,19,20);1H. The predicted molar refractivity (Wildman–Crippen MR) is 99.1 cm³/mol. The monoisotopic (exact) mass is 344 g/mol. The van der Waals surface area contributed by atoms with Gasteiger partial charge in [-0.1, -0.05) is 27.7 Å². The maximum absolute atomic E-state index is 12.4. The molecule has 1 aromatic rings. The number of nitrogens with two attached hydrogens (primary N) is 1. The van der Waals surface area contributed by atoms with E-state index in [0.29, 0.717) is 23.3 Å². The molecule has 1 atom stereocenters. The average Bonchev–Trinajstić information content (AvgIpc) is 2.37. The maximum atomic E-state index is 12.4. The van der Waals surface area contributed by atoms with Gasteiger partial charge in [-0.3, -0.25) is 4.79 Å². The molecule has 0 aromatic heterocycles. The SMILES string of the molecule is CC(C)CC(C)(CN)NC(=O)c1ccc(SC(C)C)cc1.Cl. The van der Waals surface area contributed by atoms with E-state index in [1.54, 1.807) is 11.8 Å². The third kappa shape index (κ3) is 7.03. The molecule has 0 fully saturated rings. The normalized spacial score (nSPS) is 13.6. The van der Waals surface area contributed by atoms with E-state index >= 15 is 0 Å². The zero-order chi connectivity index (χ0) is 16.0. The van der Waals surface area contributed by atoms with Crippen molar-refractivity contribution in [3.63, 3.8) is 0 Å². The zero-order valence-electron chi connectivity index (χ0n) is 14.2. The van der Waals surface area contributed by atoms with Crippen LogP contribution in [-0.2, 0) is 0 Å². The highest BCUT2D eigenvalue weighted by atomic mass is 35.5. The van der Waals surface area contributed by atoms with Crippen molar-refractivity contribution < 1.29 is 4.79 Å². The van der Waals surface area contributed by atoms with Crippen molar-refractivity contribution in [2.75, 3.05) is 6.54 Å². The summed E-state index contributed by atoms with van der Waals surface area (Å²) in [5, 5.41) is 3.62. The first kappa shape index (κ1) is 21.3. The van der Waals surface area contributed by atoms with Gasteiger partial charge in [-0.15, -0.1) is 24.2 Å². The van der Waals surface area contributed by atoms with Gasteiger partial charge in [0.2, 0.25) is 0 Å². The highest BCUT2D eigenvalue weighted by Crippen LogP contribution is 2.23. The number of thioether (sulfide) groups is 1. The van der Waals surface area contributed by atoms with Crippen LogP contribution in [-0.4, -0.2) is 23.2 Å². The summed E-state index contributed by atoms with van der Waals surface area (Å²) in [7, 11) is 0. The Morgan fingerprint density at radius 2 is 1.77 bits per heavy atom. The molecule has 1 unspecified atom stereocenters. The van der Waals surface area contributed by atoms with Gasteiger partial charge in [0, 0.05) is 27.8 Å². The molecule has 0 aliphatic carbocycles. The van der Waals surface area contributed by atoms with E-state index in [9.17, 15) is 4.79 Å². The van der Waals surface area contributed by atoms with Gasteiger partial charge in [-0.05, 0) is 43.5 Å². The molecule has 22 heavy (non-hydrogen) atoms. The Balaban J connectivity index is 0.00000441. The summed E-state index contributed by atoms with van der Waals surface area (Å²) in [4.78, 5) is 13.5. The van der Waals surface area contributed by atoms with Crippen LogP contribution in [0.5, 0.6) is 0 Å². The number of carbonyl (C=O) groups is 1. The van der Waals surface area contributed by atoms with E-state index in [-0.39, 0.29) is 23.9 Å². The van der Waals surface area contributed by atoms with Crippen LogP contribution in [0, 0.1) is 5.92 Å². The smallest absolute Gasteiger partial charge is 0.251 e. The molecular formula is C17H29ClN2OS. The van der Waals surface area contributed by atoms with E-state index < -0.39 is 0 Å². The zero-order valence-corrected chi connectivity index (χ0v) is 15.8. The topological polar surface area (TPSA) is 55.1 Å². The second-order valence-corrected chi connectivity index (χ2v) is 8.16. The minimum atomic E-state index is -0.351. The Kier molecular flexibility index (Phi) is 9.13. The van der Waals surface area contributed by atoms with Crippen molar-refractivity contribution in [3.05, 3.63) is 29.8 Å². The molecule has 0 aliphatic rings. The van der Waals surface area contributed by atoms with Gasteiger partial charge in [-0.25, -0.2) is 0 Å². The number of halogens is 1. The summed E-state index contributed by atoms with van der Waals surface area (Å²) in [5.74, 6) is 0.438. The van der Waals surface area contributed by atoms with Crippen LogP contribution >= 0.6 is 24.2 Å². The van der Waals surface area contributed by atoms with Crippen molar-refractivity contribution >= 4 is 30.1 Å². The molecular weight excluding hydrogens is 316 g/mol. The lowest BCUT2D eigenvalue weighted by Gasteiger charge is -2.31. The minimum absolute atomic E-state index is 0. The number of benzene rings is 1. The average molecular weight is 345 g/mol. The molecule has 0 heterocycles. The van der Waals surface area contributed by atoms with Crippen LogP contribution in [0.25, 0.3) is 0 Å². The van der Waals surface area contributed by atoms with Crippen molar-refractivity contribution in [2.45, 2.75) is 56.7 Å². The van der Waals surface area contributed by atoms with E-state index in [4.69, 9.17) is 5.73 Å². The molecule has 3 nitrogen and oxygen atoms in total. The Hall–Kier alpha value is -0.710. The molecule has 1 rings (SSSR count). The molecule has 1 amide bonds. The van der Waals surface area contributed by atoms with Crippen LogP contribution in [0.3, 0.4) is 0 Å². The summed E-state index contributed by atoms with van der Waals surface area (Å²) in [5.41, 5.74) is 6.18. The molecule has 0 bridgehead atoms. The maximum Gasteiger partial charge on any atom is 0.251 e. The first-order chi connectivity index (χ1) is 9.75. The van der Waals surface area contributed by atoms with Crippen LogP contribution < -0.4 is 11.1 Å². The Morgan fingerprint density at radius 1 is 1.23 bits per heavy atom. The van der Waals surface area contributed by atoms with Gasteiger partial charge in [0.15, 0.2) is 0 Å². The predicted octanol–water partition coefficient (Wildman–Crippen LogP) is 4.10. The van der Waals surface area contributed by atoms with Gasteiger partial charge in [0.05, 0.1) is 0 Å². The third-order valence-electron chi connectivity index (χ3n) is 3.21. The number of rotatable bonds is 7. The van der Waals surface area contributed by atoms with Crippen LogP contribution in [0.15, 0.2) is 29.2 Å². The molecule has 0 saturated heterocycles. The molecule has 126 valence electrons. The summed E-state index contributed by atoms with van der Waals surface area (Å²) < 4.78 is 0. The summed E-state index contributed by atoms with van der Waals surface area (Å²) in [6, 6.07) is 7.77. The lowest BCUT2D eigenvalue weighted by molar-refractivity contribution is 0.0898. The van der Waals surface area contributed by atoms with E-state index in [1.807, 2.05) is 31.2 Å². The summed E-state index contributed by atoms with van der Waals surface area (Å²) in [6.45, 7) is 11.0. The summed E-state index contributed by atoms with van der Waals surface area (Å²) in [6.07, 6.45) is 0.872. The number of nitrogens with one attached hydrogen (secondary N) is 1. The number of hydrogen-bond acceptors (Lipinski definition) is 3. The number of amides is 1. The Morgan fingerprint density at radius 3 is 2.18 bits per heavy atom. The molecule has 0 radical (unpaired) electrons. The van der Waals surface area contributed by atoms with Gasteiger partial charge >= 0.3 is 0 Å². The first-order valence-corrected chi connectivity index (χ1v) is 8.43. The van der Waals surface area contributed by atoms with Crippen molar-refractivity contribution in [2.24, 2.45) is 11.7 Å². The molecule has 1 aromatic carbocycles. The molecule has 3 N–H and O–H groups in total. The highest BCUT2D eigenvalue weighted by molar-refractivity contribution is 7.99.